The molecule has 4 aromatic carbocycles. The predicted molar refractivity (Wildman–Crippen MR) is 151 cm³/mol. The lowest BCUT2D eigenvalue weighted by Gasteiger charge is -2.29. The van der Waals surface area contributed by atoms with E-state index in [0.717, 1.165) is 16.8 Å². The molecular formula is C31H29FN2O3S. The van der Waals surface area contributed by atoms with E-state index >= 15 is 0 Å². The number of aromatic hydroxyl groups is 1. The number of nitrogens with one attached hydrogen (secondary N) is 1. The van der Waals surface area contributed by atoms with Crippen molar-refractivity contribution < 1.29 is 19.7 Å². The van der Waals surface area contributed by atoms with E-state index in [1.165, 1.54) is 12.1 Å². The van der Waals surface area contributed by atoms with Gasteiger partial charge < -0.3 is 25.5 Å². The van der Waals surface area contributed by atoms with Crippen molar-refractivity contribution in [3.05, 3.63) is 120 Å². The van der Waals surface area contributed by atoms with E-state index in [9.17, 15) is 19.7 Å². The molecule has 5 nitrogen and oxygen atoms in total. The summed E-state index contributed by atoms with van der Waals surface area (Å²) in [6, 6.07) is 28.7. The monoisotopic (exact) mass is 528 g/mol. The van der Waals surface area contributed by atoms with E-state index in [1.807, 2.05) is 53.4 Å². The number of aliphatic hydroxyl groups is 2. The van der Waals surface area contributed by atoms with Gasteiger partial charge in [0.2, 0.25) is 0 Å². The summed E-state index contributed by atoms with van der Waals surface area (Å²) >= 11 is 5.77. The second-order valence-electron chi connectivity index (χ2n) is 9.48. The Bertz CT molecular complexity index is 1400. The van der Waals surface area contributed by atoms with Crippen molar-refractivity contribution in [3.63, 3.8) is 0 Å². The van der Waals surface area contributed by atoms with Crippen LogP contribution in [0.4, 0.5) is 10.1 Å². The van der Waals surface area contributed by atoms with Crippen molar-refractivity contribution in [1.82, 2.24) is 5.32 Å². The minimum absolute atomic E-state index is 0.0723. The maximum Gasteiger partial charge on any atom is 0.174 e. The first kappa shape index (κ1) is 25.9. The SMILES string of the molecule is OCc1ccc([C@@H]2[C@H](CCC(O)c3ccc(F)cc3)NC(=S)N2c2ccc(-c3ccccc3)cc2)c(O)c1. The molecular weight excluding hydrogens is 499 g/mol. The second kappa shape index (κ2) is 11.3. The van der Waals surface area contributed by atoms with Crippen molar-refractivity contribution in [1.29, 1.82) is 0 Å². The summed E-state index contributed by atoms with van der Waals surface area (Å²) in [5.74, 6) is -0.275. The Kier molecular flexibility index (Phi) is 7.69. The zero-order valence-electron chi connectivity index (χ0n) is 20.7. The highest BCUT2D eigenvalue weighted by atomic mass is 32.1. The molecule has 0 bridgehead atoms. The van der Waals surface area contributed by atoms with Gasteiger partial charge in [-0.15, -0.1) is 0 Å². The van der Waals surface area contributed by atoms with Gasteiger partial charge in [0.1, 0.15) is 11.6 Å². The number of benzene rings is 4. The quantitative estimate of drug-likeness (QED) is 0.210. The molecule has 1 aliphatic heterocycles. The van der Waals surface area contributed by atoms with Crippen LogP contribution in [-0.4, -0.2) is 26.5 Å². The van der Waals surface area contributed by atoms with Crippen LogP contribution in [0.3, 0.4) is 0 Å². The molecule has 4 N–H and O–H groups in total. The van der Waals surface area contributed by atoms with Gasteiger partial charge in [-0.25, -0.2) is 4.39 Å². The van der Waals surface area contributed by atoms with Gasteiger partial charge in [-0.05, 0) is 77.6 Å². The first-order valence-corrected chi connectivity index (χ1v) is 13.0. The highest BCUT2D eigenvalue weighted by Gasteiger charge is 2.40. The van der Waals surface area contributed by atoms with Crippen LogP contribution in [0.15, 0.2) is 97.1 Å². The highest BCUT2D eigenvalue weighted by Crippen LogP contribution is 2.41. The number of phenols is 1. The Morgan fingerprint density at radius 1 is 0.895 bits per heavy atom. The number of halogens is 1. The topological polar surface area (TPSA) is 76.0 Å². The van der Waals surface area contributed by atoms with Crippen LogP contribution in [0.5, 0.6) is 5.75 Å². The number of phenolic OH excluding ortho intramolecular Hbond substituents is 1. The summed E-state index contributed by atoms with van der Waals surface area (Å²) in [5, 5.41) is 35.1. The maximum absolute atomic E-state index is 13.3. The molecule has 38 heavy (non-hydrogen) atoms. The molecule has 4 aromatic rings. The third kappa shape index (κ3) is 5.41. The molecule has 1 heterocycles. The Balaban J connectivity index is 1.45. The molecule has 0 spiro atoms. The number of thiocarbonyl (C=S) groups is 1. The van der Waals surface area contributed by atoms with Crippen molar-refractivity contribution in [2.75, 3.05) is 4.90 Å². The van der Waals surface area contributed by atoms with Gasteiger partial charge in [-0.1, -0.05) is 66.7 Å². The fourth-order valence-corrected chi connectivity index (χ4v) is 5.42. The predicted octanol–water partition coefficient (Wildman–Crippen LogP) is 6.01. The lowest BCUT2D eigenvalue weighted by Crippen LogP contribution is -2.29. The highest BCUT2D eigenvalue weighted by molar-refractivity contribution is 7.80. The summed E-state index contributed by atoms with van der Waals surface area (Å²) in [7, 11) is 0. The number of nitrogens with zero attached hydrogens (tertiary/aromatic N) is 1. The number of rotatable bonds is 8. The molecule has 0 radical (unpaired) electrons. The van der Waals surface area contributed by atoms with E-state index in [4.69, 9.17) is 12.2 Å². The van der Waals surface area contributed by atoms with Gasteiger partial charge in [0, 0.05) is 11.3 Å². The van der Waals surface area contributed by atoms with E-state index in [2.05, 4.69) is 17.4 Å². The fraction of sp³-hybridized carbons (Fsp3) is 0.194. The van der Waals surface area contributed by atoms with Gasteiger partial charge in [0.25, 0.3) is 0 Å². The van der Waals surface area contributed by atoms with E-state index in [0.29, 0.717) is 34.6 Å². The Labute approximate surface area is 226 Å². The zero-order valence-corrected chi connectivity index (χ0v) is 21.5. The molecule has 1 fully saturated rings. The largest absolute Gasteiger partial charge is 0.508 e. The molecule has 1 unspecified atom stereocenters. The van der Waals surface area contributed by atoms with Crippen LogP contribution < -0.4 is 10.2 Å². The number of anilines is 1. The molecule has 5 rings (SSSR count). The maximum atomic E-state index is 13.3. The smallest absolute Gasteiger partial charge is 0.174 e. The third-order valence-corrected chi connectivity index (χ3v) is 7.36. The van der Waals surface area contributed by atoms with Gasteiger partial charge in [0.05, 0.1) is 24.8 Å². The van der Waals surface area contributed by atoms with Gasteiger partial charge in [-0.2, -0.15) is 0 Å². The summed E-state index contributed by atoms with van der Waals surface area (Å²) in [5.41, 5.74) is 5.00. The van der Waals surface area contributed by atoms with Crippen LogP contribution in [0.25, 0.3) is 11.1 Å². The van der Waals surface area contributed by atoms with Crippen molar-refractivity contribution >= 4 is 23.0 Å². The summed E-state index contributed by atoms with van der Waals surface area (Å²) < 4.78 is 13.3. The van der Waals surface area contributed by atoms with Gasteiger partial charge in [0.15, 0.2) is 5.11 Å². The van der Waals surface area contributed by atoms with E-state index in [1.54, 1.807) is 24.3 Å². The molecule has 1 aliphatic rings. The Morgan fingerprint density at radius 2 is 1.58 bits per heavy atom. The molecule has 0 aromatic heterocycles. The molecule has 1 saturated heterocycles. The van der Waals surface area contributed by atoms with Crippen LogP contribution in [0.2, 0.25) is 0 Å². The Hall–Kier alpha value is -3.78. The summed E-state index contributed by atoms with van der Waals surface area (Å²) in [6.45, 7) is -0.173. The molecule has 194 valence electrons. The van der Waals surface area contributed by atoms with E-state index < -0.39 is 6.10 Å². The van der Waals surface area contributed by atoms with Crippen LogP contribution in [0.1, 0.15) is 41.7 Å². The normalized spacial score (nSPS) is 17.9. The lowest BCUT2D eigenvalue weighted by molar-refractivity contribution is 0.159. The molecule has 0 saturated carbocycles. The number of hydrogen-bond acceptors (Lipinski definition) is 4. The summed E-state index contributed by atoms with van der Waals surface area (Å²) in [4.78, 5) is 1.99. The van der Waals surface area contributed by atoms with Crippen LogP contribution in [-0.2, 0) is 6.61 Å². The van der Waals surface area contributed by atoms with E-state index in [-0.39, 0.29) is 30.3 Å². The lowest BCUT2D eigenvalue weighted by atomic mass is 9.92. The second-order valence-corrected chi connectivity index (χ2v) is 9.87. The minimum atomic E-state index is -0.767. The van der Waals surface area contributed by atoms with Crippen molar-refractivity contribution in [2.45, 2.75) is 37.6 Å². The minimum Gasteiger partial charge on any atom is -0.508 e. The third-order valence-electron chi connectivity index (χ3n) is 7.04. The molecule has 3 atom stereocenters. The molecule has 0 amide bonds. The standard InChI is InChI=1S/C31H29FN2O3S/c32-24-11-7-23(8-12-24)28(36)17-16-27-30(26-15-6-20(19-35)18-29(26)37)34(31(38)33-27)25-13-9-22(10-14-25)21-4-2-1-3-5-21/h1-15,18,27-28,30,35-37H,16-17,19H2,(H,33,38)/t27-,28?,30+/m0/s1. The van der Waals surface area contributed by atoms with Crippen LogP contribution in [0, 0.1) is 5.82 Å². The molecule has 0 aliphatic carbocycles. The van der Waals surface area contributed by atoms with Crippen LogP contribution >= 0.6 is 12.2 Å². The molecule has 7 heteroatoms. The fourth-order valence-electron chi connectivity index (χ4n) is 5.05. The van der Waals surface area contributed by atoms with Crippen molar-refractivity contribution in [3.8, 4) is 16.9 Å². The van der Waals surface area contributed by atoms with Crippen molar-refractivity contribution in [2.24, 2.45) is 0 Å². The zero-order chi connectivity index (χ0) is 26.6. The first-order chi connectivity index (χ1) is 18.4. The number of aliphatic hydroxyl groups excluding tert-OH is 2. The average Bonchev–Trinajstić information content (AvgIpc) is 3.28. The van der Waals surface area contributed by atoms with Gasteiger partial charge in [-0.3, -0.25) is 0 Å². The van der Waals surface area contributed by atoms with Gasteiger partial charge >= 0.3 is 0 Å². The number of hydrogen-bond donors (Lipinski definition) is 4. The summed E-state index contributed by atoms with van der Waals surface area (Å²) in [6.07, 6.45) is 0.193. The Morgan fingerprint density at radius 3 is 2.24 bits per heavy atom. The first-order valence-electron chi connectivity index (χ1n) is 12.6. The average molecular weight is 529 g/mol.